The molecule has 1 fully saturated rings. The molecule has 1 aliphatic rings. The molecule has 0 aliphatic carbocycles. The number of fused-ring (bicyclic) bond motifs is 1. The van der Waals surface area contributed by atoms with Gasteiger partial charge in [0.05, 0.1) is 25.0 Å². The summed E-state index contributed by atoms with van der Waals surface area (Å²) in [6.07, 6.45) is 1.58. The fourth-order valence-corrected chi connectivity index (χ4v) is 2.13. The van der Waals surface area contributed by atoms with Crippen LogP contribution in [0, 0.1) is 0 Å². The fraction of sp³-hybridized carbons (Fsp3) is 0.462. The zero-order chi connectivity index (χ0) is 13.1. The highest BCUT2D eigenvalue weighted by molar-refractivity contribution is 5.93. The predicted molar refractivity (Wildman–Crippen MR) is 68.1 cm³/mol. The van der Waals surface area contributed by atoms with Gasteiger partial charge >= 0.3 is 5.97 Å². The summed E-state index contributed by atoms with van der Waals surface area (Å²) in [5.41, 5.74) is 1.90. The number of nitrogens with zero attached hydrogens (tertiary/aromatic N) is 1. The van der Waals surface area contributed by atoms with E-state index in [4.69, 9.17) is 13.9 Å². The van der Waals surface area contributed by atoms with E-state index in [0.717, 1.165) is 38.4 Å². The van der Waals surface area contributed by atoms with Crippen LogP contribution in [0.1, 0.15) is 10.5 Å². The van der Waals surface area contributed by atoms with Crippen LogP contribution in [-0.4, -0.2) is 55.3 Å². The van der Waals surface area contributed by atoms with Gasteiger partial charge in [-0.25, -0.2) is 4.79 Å². The minimum Gasteiger partial charge on any atom is -0.463 e. The van der Waals surface area contributed by atoms with E-state index < -0.39 is 0 Å². The summed E-state index contributed by atoms with van der Waals surface area (Å²) in [5.74, 6) is -0.348. The average molecular weight is 264 g/mol. The Kier molecular flexibility index (Phi) is 3.52. The molecule has 0 saturated carbocycles. The molecular formula is C13H16N2O4. The van der Waals surface area contributed by atoms with E-state index in [0.29, 0.717) is 17.9 Å². The Morgan fingerprint density at radius 3 is 3.05 bits per heavy atom. The summed E-state index contributed by atoms with van der Waals surface area (Å²) < 4.78 is 15.7. The maximum Gasteiger partial charge on any atom is 0.354 e. The van der Waals surface area contributed by atoms with Gasteiger partial charge in [-0.1, -0.05) is 0 Å². The van der Waals surface area contributed by atoms with Crippen molar-refractivity contribution in [3.05, 3.63) is 24.1 Å². The number of aromatic amines is 1. The summed E-state index contributed by atoms with van der Waals surface area (Å²) in [6, 6.07) is 3.44. The largest absolute Gasteiger partial charge is 0.463 e. The number of esters is 1. The van der Waals surface area contributed by atoms with Crippen molar-refractivity contribution in [3.8, 4) is 0 Å². The van der Waals surface area contributed by atoms with Crippen LogP contribution in [0.4, 0.5) is 0 Å². The molecule has 19 heavy (non-hydrogen) atoms. The third kappa shape index (κ3) is 2.80. The van der Waals surface area contributed by atoms with E-state index in [1.54, 1.807) is 18.4 Å². The maximum absolute atomic E-state index is 11.8. The molecule has 0 radical (unpaired) electrons. The van der Waals surface area contributed by atoms with Crippen LogP contribution < -0.4 is 0 Å². The van der Waals surface area contributed by atoms with Crippen molar-refractivity contribution in [2.24, 2.45) is 0 Å². The summed E-state index contributed by atoms with van der Waals surface area (Å²) in [7, 11) is 0. The monoisotopic (exact) mass is 264 g/mol. The molecule has 6 heteroatoms. The Hall–Kier alpha value is -1.79. The van der Waals surface area contributed by atoms with Crippen LogP contribution in [0.5, 0.6) is 0 Å². The second-order valence-electron chi connectivity index (χ2n) is 4.47. The minimum absolute atomic E-state index is 0.348. The van der Waals surface area contributed by atoms with Gasteiger partial charge < -0.3 is 18.9 Å². The average Bonchev–Trinajstić information content (AvgIpc) is 3.00. The van der Waals surface area contributed by atoms with E-state index in [9.17, 15) is 4.79 Å². The smallest absolute Gasteiger partial charge is 0.354 e. The lowest BCUT2D eigenvalue weighted by molar-refractivity contribution is 0.0193. The SMILES string of the molecule is O=C(OCCN1CCOCC1)c1cc2occc2[nH]1. The van der Waals surface area contributed by atoms with E-state index >= 15 is 0 Å². The van der Waals surface area contributed by atoms with Gasteiger partial charge in [0.2, 0.25) is 0 Å². The van der Waals surface area contributed by atoms with Crippen LogP contribution in [0.3, 0.4) is 0 Å². The number of carbonyl (C=O) groups is 1. The molecule has 0 amide bonds. The van der Waals surface area contributed by atoms with Crippen molar-refractivity contribution >= 4 is 17.1 Å². The number of ether oxygens (including phenoxy) is 2. The first-order valence-electron chi connectivity index (χ1n) is 6.36. The molecule has 0 atom stereocenters. The standard InChI is InChI=1S/C13H16N2O4/c16-13(11-9-12-10(14-11)1-5-18-12)19-8-4-15-2-6-17-7-3-15/h1,5,9,14H,2-4,6-8H2. The van der Waals surface area contributed by atoms with E-state index in [1.165, 1.54) is 0 Å². The zero-order valence-electron chi connectivity index (χ0n) is 10.6. The molecule has 2 aromatic heterocycles. The van der Waals surface area contributed by atoms with Crippen LogP contribution in [0.2, 0.25) is 0 Å². The summed E-state index contributed by atoms with van der Waals surface area (Å²) >= 11 is 0. The number of furan rings is 1. The van der Waals surface area contributed by atoms with Gasteiger partial charge in [0.1, 0.15) is 12.3 Å². The van der Waals surface area contributed by atoms with Gasteiger partial charge in [-0.3, -0.25) is 4.90 Å². The minimum atomic E-state index is -0.348. The topological polar surface area (TPSA) is 67.7 Å². The molecule has 3 heterocycles. The van der Waals surface area contributed by atoms with Crippen molar-refractivity contribution in [2.45, 2.75) is 0 Å². The van der Waals surface area contributed by atoms with E-state index in [1.807, 2.05) is 0 Å². The highest BCUT2D eigenvalue weighted by Gasteiger charge is 2.14. The van der Waals surface area contributed by atoms with Crippen molar-refractivity contribution < 1.29 is 18.7 Å². The first-order valence-corrected chi connectivity index (χ1v) is 6.36. The molecule has 102 valence electrons. The molecule has 3 rings (SSSR count). The third-order valence-corrected chi connectivity index (χ3v) is 3.20. The Labute approximate surface area is 110 Å². The Balaban J connectivity index is 1.49. The van der Waals surface area contributed by atoms with Gasteiger partial charge in [-0.2, -0.15) is 0 Å². The zero-order valence-corrected chi connectivity index (χ0v) is 10.6. The molecule has 0 bridgehead atoms. The summed E-state index contributed by atoms with van der Waals surface area (Å²) in [4.78, 5) is 17.0. The van der Waals surface area contributed by atoms with Crippen LogP contribution in [0.15, 0.2) is 22.8 Å². The molecule has 0 spiro atoms. The molecule has 6 nitrogen and oxygen atoms in total. The first kappa shape index (κ1) is 12.3. The van der Waals surface area contributed by atoms with E-state index in [-0.39, 0.29) is 5.97 Å². The number of hydrogen-bond donors (Lipinski definition) is 1. The Morgan fingerprint density at radius 1 is 1.42 bits per heavy atom. The predicted octanol–water partition coefficient (Wildman–Crippen LogP) is 1.25. The fourth-order valence-electron chi connectivity index (χ4n) is 2.13. The third-order valence-electron chi connectivity index (χ3n) is 3.20. The van der Waals surface area contributed by atoms with Crippen LogP contribution >= 0.6 is 0 Å². The number of rotatable bonds is 4. The highest BCUT2D eigenvalue weighted by Crippen LogP contribution is 2.16. The second kappa shape index (κ2) is 5.46. The van der Waals surface area contributed by atoms with Gasteiger partial charge in [0.25, 0.3) is 0 Å². The number of nitrogens with one attached hydrogen (secondary N) is 1. The van der Waals surface area contributed by atoms with Gasteiger partial charge in [0, 0.05) is 31.8 Å². The number of morpholine rings is 1. The molecule has 1 saturated heterocycles. The number of aromatic nitrogens is 1. The lowest BCUT2D eigenvalue weighted by Gasteiger charge is -2.26. The Morgan fingerprint density at radius 2 is 2.26 bits per heavy atom. The molecule has 1 N–H and O–H groups in total. The van der Waals surface area contributed by atoms with Crippen molar-refractivity contribution in [3.63, 3.8) is 0 Å². The van der Waals surface area contributed by atoms with Crippen molar-refractivity contribution in [1.82, 2.24) is 9.88 Å². The summed E-state index contributed by atoms with van der Waals surface area (Å²) in [6.45, 7) is 4.42. The van der Waals surface area contributed by atoms with E-state index in [2.05, 4.69) is 9.88 Å². The molecular weight excluding hydrogens is 248 g/mol. The highest BCUT2D eigenvalue weighted by atomic mass is 16.5. The number of H-pyrrole nitrogens is 1. The van der Waals surface area contributed by atoms with Gasteiger partial charge in [-0.15, -0.1) is 0 Å². The quantitative estimate of drug-likeness (QED) is 0.842. The molecule has 2 aromatic rings. The number of hydrogen-bond acceptors (Lipinski definition) is 5. The molecule has 1 aliphatic heterocycles. The summed E-state index contributed by atoms with van der Waals surface area (Å²) in [5, 5.41) is 0. The second-order valence-corrected chi connectivity index (χ2v) is 4.47. The maximum atomic E-state index is 11.8. The van der Waals surface area contributed by atoms with Crippen LogP contribution in [0.25, 0.3) is 11.1 Å². The number of carbonyl (C=O) groups excluding carboxylic acids is 1. The van der Waals surface area contributed by atoms with Gasteiger partial charge in [0.15, 0.2) is 5.58 Å². The lowest BCUT2D eigenvalue weighted by atomic mass is 10.4. The van der Waals surface area contributed by atoms with Crippen molar-refractivity contribution in [1.29, 1.82) is 0 Å². The van der Waals surface area contributed by atoms with Crippen molar-refractivity contribution in [2.75, 3.05) is 39.5 Å². The first-order chi connectivity index (χ1) is 9.33. The van der Waals surface area contributed by atoms with Gasteiger partial charge in [-0.05, 0) is 0 Å². The van der Waals surface area contributed by atoms with Crippen LogP contribution in [-0.2, 0) is 9.47 Å². The molecule has 0 aromatic carbocycles. The lowest BCUT2D eigenvalue weighted by Crippen LogP contribution is -2.38. The molecule has 0 unspecified atom stereocenters. The Bertz CT molecular complexity index is 525. The normalized spacial score (nSPS) is 16.8.